The van der Waals surface area contributed by atoms with E-state index in [9.17, 15) is 14.0 Å². The fourth-order valence-corrected chi connectivity index (χ4v) is 6.53. The molecule has 12 heteroatoms. The molecule has 1 aliphatic rings. The van der Waals surface area contributed by atoms with Gasteiger partial charge in [0, 0.05) is 12.1 Å². The minimum Gasteiger partial charge on any atom is -0.497 e. The number of nitrogens with one attached hydrogen (secondary N) is 1. The van der Waals surface area contributed by atoms with E-state index in [1.54, 1.807) is 40.2 Å². The highest BCUT2D eigenvalue weighted by molar-refractivity contribution is 7.99. The molecule has 1 aliphatic heterocycles. The average Bonchev–Trinajstić information content (AvgIpc) is 3.84. The van der Waals surface area contributed by atoms with Crippen molar-refractivity contribution in [2.45, 2.75) is 30.6 Å². The number of hydrogen-bond acceptors (Lipinski definition) is 8. The first kappa shape index (κ1) is 30.2. The summed E-state index contributed by atoms with van der Waals surface area (Å²) in [4.78, 5) is 27.4. The quantitative estimate of drug-likeness (QED) is 0.183. The summed E-state index contributed by atoms with van der Waals surface area (Å²) in [6.07, 6.45) is 0.808. The molecule has 1 atom stereocenters. The van der Waals surface area contributed by atoms with Gasteiger partial charge < -0.3 is 10.1 Å². The van der Waals surface area contributed by atoms with Gasteiger partial charge in [0.2, 0.25) is 5.91 Å². The molecule has 2 aromatic heterocycles. The van der Waals surface area contributed by atoms with Crippen LogP contribution >= 0.6 is 23.1 Å². The molecule has 5 aromatic rings. The number of hydrazone groups is 1. The molecule has 9 nitrogen and oxygen atoms in total. The zero-order valence-electron chi connectivity index (χ0n) is 24.3. The molecule has 0 saturated heterocycles. The van der Waals surface area contributed by atoms with E-state index in [1.807, 2.05) is 72.1 Å². The molecular weight excluding hydrogens is 612 g/mol. The molecular formula is C33H29FN6O3S2. The Hall–Kier alpha value is -4.81. The van der Waals surface area contributed by atoms with Gasteiger partial charge in [0.05, 0.1) is 42.5 Å². The Kier molecular flexibility index (Phi) is 9.32. The number of amides is 2. The highest BCUT2D eigenvalue weighted by Crippen LogP contribution is 2.35. The maximum absolute atomic E-state index is 13.8. The topological polar surface area (TPSA) is 102 Å². The van der Waals surface area contributed by atoms with Crippen LogP contribution in [0.5, 0.6) is 5.75 Å². The van der Waals surface area contributed by atoms with E-state index in [4.69, 9.17) is 9.84 Å². The number of thioether (sulfide) groups is 1. The number of aromatic nitrogens is 3. The largest absolute Gasteiger partial charge is 0.497 e. The smallest absolute Gasteiger partial charge is 0.253 e. The number of carbonyl (C=O) groups excluding carboxylic acids is 2. The Balaban J connectivity index is 1.21. The number of thiophene rings is 1. The fraction of sp³-hybridized carbons (Fsp3) is 0.182. The van der Waals surface area contributed by atoms with Crippen LogP contribution in [0.25, 0.3) is 5.69 Å². The lowest BCUT2D eigenvalue weighted by Gasteiger charge is -2.22. The molecule has 0 fully saturated rings. The lowest BCUT2D eigenvalue weighted by Crippen LogP contribution is -2.28. The summed E-state index contributed by atoms with van der Waals surface area (Å²) in [5.41, 5.74) is 3.31. The summed E-state index contributed by atoms with van der Waals surface area (Å²) < 4.78 is 20.8. The van der Waals surface area contributed by atoms with Crippen LogP contribution < -0.4 is 10.1 Å². The number of halogens is 1. The first-order valence-electron chi connectivity index (χ1n) is 14.2. The number of nitrogens with zero attached hydrogens (tertiary/aromatic N) is 5. The van der Waals surface area contributed by atoms with E-state index < -0.39 is 0 Å². The predicted molar refractivity (Wildman–Crippen MR) is 172 cm³/mol. The fourth-order valence-electron chi connectivity index (χ4n) is 4.99. The van der Waals surface area contributed by atoms with Crippen molar-refractivity contribution < 1.29 is 18.7 Å². The van der Waals surface area contributed by atoms with Crippen molar-refractivity contribution in [1.29, 1.82) is 0 Å². The predicted octanol–water partition coefficient (Wildman–Crippen LogP) is 5.81. The second kappa shape index (κ2) is 13.9. The zero-order chi connectivity index (χ0) is 31.2. The van der Waals surface area contributed by atoms with Crippen LogP contribution in [-0.4, -0.2) is 50.2 Å². The first-order valence-corrected chi connectivity index (χ1v) is 16.1. The van der Waals surface area contributed by atoms with Gasteiger partial charge in [0.25, 0.3) is 5.91 Å². The number of carbonyl (C=O) groups is 2. The molecule has 0 saturated carbocycles. The monoisotopic (exact) mass is 640 g/mol. The summed E-state index contributed by atoms with van der Waals surface area (Å²) in [7, 11) is 1.62. The van der Waals surface area contributed by atoms with Crippen LogP contribution in [0, 0.1) is 5.82 Å². The molecule has 0 unspecified atom stereocenters. The summed E-state index contributed by atoms with van der Waals surface area (Å²) in [5, 5.41) is 20.3. The number of benzene rings is 3. The third kappa shape index (κ3) is 7.13. The molecule has 6 rings (SSSR count). The molecule has 0 bridgehead atoms. The van der Waals surface area contributed by atoms with E-state index in [2.05, 4.69) is 15.5 Å². The lowest BCUT2D eigenvalue weighted by atomic mass is 10.0. The maximum Gasteiger partial charge on any atom is 0.253 e. The van der Waals surface area contributed by atoms with Crippen molar-refractivity contribution in [2.75, 3.05) is 12.9 Å². The standard InChI is InChI=1S/C33H29FN6O3S2/c1-43-26-15-9-23(10-16-26)28-19-27(29-8-5-17-44-29)38-40(28)32(42)21-45-33-37-36-30(39(33)25-13-11-24(34)12-14-25)20-35-31(41)18-22-6-3-2-4-7-22/h2-17,28H,18-21H2,1H3,(H,35,41)/t28-/m1/s1. The number of ether oxygens (including phenoxy) is 1. The average molecular weight is 641 g/mol. The van der Waals surface area contributed by atoms with E-state index in [1.165, 1.54) is 23.9 Å². The van der Waals surface area contributed by atoms with Crippen molar-refractivity contribution in [3.63, 3.8) is 0 Å². The van der Waals surface area contributed by atoms with Gasteiger partial charge in [0.15, 0.2) is 11.0 Å². The summed E-state index contributed by atoms with van der Waals surface area (Å²) >= 11 is 2.79. The highest BCUT2D eigenvalue weighted by Gasteiger charge is 2.33. The van der Waals surface area contributed by atoms with E-state index in [0.29, 0.717) is 23.1 Å². The van der Waals surface area contributed by atoms with Gasteiger partial charge in [-0.3, -0.25) is 14.2 Å². The minimum atomic E-state index is -0.382. The third-order valence-corrected chi connectivity index (χ3v) is 9.07. The Labute approximate surface area is 267 Å². The van der Waals surface area contributed by atoms with E-state index in [0.717, 1.165) is 27.5 Å². The van der Waals surface area contributed by atoms with E-state index >= 15 is 0 Å². The van der Waals surface area contributed by atoms with Crippen molar-refractivity contribution >= 4 is 40.6 Å². The first-order chi connectivity index (χ1) is 22.0. The highest BCUT2D eigenvalue weighted by atomic mass is 32.2. The summed E-state index contributed by atoms with van der Waals surface area (Å²) in [6, 6.07) is 26.7. The molecule has 3 heterocycles. The SMILES string of the molecule is COc1ccc([C@H]2CC(c3cccs3)=NN2C(=O)CSc2nnc(CNC(=O)Cc3ccccc3)n2-c2ccc(F)cc2)cc1. The molecule has 2 amide bonds. The Morgan fingerprint density at radius 3 is 2.49 bits per heavy atom. The van der Waals surface area contributed by atoms with Crippen LogP contribution in [0.4, 0.5) is 4.39 Å². The van der Waals surface area contributed by atoms with Crippen LogP contribution in [0.15, 0.2) is 107 Å². The molecule has 228 valence electrons. The molecule has 0 aliphatic carbocycles. The number of hydrogen-bond donors (Lipinski definition) is 1. The van der Waals surface area contributed by atoms with Gasteiger partial charge in [-0.15, -0.1) is 21.5 Å². The normalized spacial score (nSPS) is 14.3. The summed E-state index contributed by atoms with van der Waals surface area (Å²) in [5.74, 6) is 0.473. The molecule has 1 N–H and O–H groups in total. The van der Waals surface area contributed by atoms with E-state index in [-0.39, 0.29) is 42.4 Å². The number of rotatable bonds is 11. The molecule has 45 heavy (non-hydrogen) atoms. The van der Waals surface area contributed by atoms with Crippen LogP contribution in [0.3, 0.4) is 0 Å². The number of methoxy groups -OCH3 is 1. The zero-order valence-corrected chi connectivity index (χ0v) is 25.9. The lowest BCUT2D eigenvalue weighted by molar-refractivity contribution is -0.130. The van der Waals surface area contributed by atoms with Crippen LogP contribution in [0.2, 0.25) is 0 Å². The second-order valence-corrected chi connectivity index (χ2v) is 12.1. The van der Waals surface area contributed by atoms with Crippen LogP contribution in [0.1, 0.15) is 34.3 Å². The van der Waals surface area contributed by atoms with Crippen molar-refractivity contribution in [3.8, 4) is 11.4 Å². The molecule has 0 spiro atoms. The molecule has 3 aromatic carbocycles. The van der Waals surface area contributed by atoms with Gasteiger partial charge in [-0.05, 0) is 59.0 Å². The Bertz CT molecular complexity index is 1790. The van der Waals surface area contributed by atoms with Crippen molar-refractivity contribution in [2.24, 2.45) is 5.10 Å². The van der Waals surface area contributed by atoms with Crippen molar-refractivity contribution in [1.82, 2.24) is 25.1 Å². The van der Waals surface area contributed by atoms with Gasteiger partial charge in [-0.25, -0.2) is 9.40 Å². The Morgan fingerprint density at radius 2 is 1.78 bits per heavy atom. The Morgan fingerprint density at radius 1 is 1.00 bits per heavy atom. The third-order valence-electron chi connectivity index (χ3n) is 7.23. The maximum atomic E-state index is 13.8. The van der Waals surface area contributed by atoms with Gasteiger partial charge in [0.1, 0.15) is 11.6 Å². The molecule has 0 radical (unpaired) electrons. The van der Waals surface area contributed by atoms with Gasteiger partial charge in [-0.1, -0.05) is 60.3 Å². The minimum absolute atomic E-state index is 0.0353. The van der Waals surface area contributed by atoms with Crippen LogP contribution in [-0.2, 0) is 22.6 Å². The van der Waals surface area contributed by atoms with Crippen molar-refractivity contribution in [3.05, 3.63) is 124 Å². The second-order valence-electron chi connectivity index (χ2n) is 10.2. The van der Waals surface area contributed by atoms with Gasteiger partial charge in [-0.2, -0.15) is 5.10 Å². The summed E-state index contributed by atoms with van der Waals surface area (Å²) in [6.45, 7) is 0.102. The van der Waals surface area contributed by atoms with Gasteiger partial charge >= 0.3 is 0 Å².